The lowest BCUT2D eigenvalue weighted by atomic mass is 9.78. The van der Waals surface area contributed by atoms with Gasteiger partial charge in [0.05, 0.1) is 17.7 Å². The highest BCUT2D eigenvalue weighted by Crippen LogP contribution is 2.58. The summed E-state index contributed by atoms with van der Waals surface area (Å²) in [5.74, 6) is -3.34. The number of nitrogens with zero attached hydrogens (tertiary/aromatic N) is 1. The second-order valence-electron chi connectivity index (χ2n) is 11.7. The summed E-state index contributed by atoms with van der Waals surface area (Å²) < 4.78 is 66.3. The van der Waals surface area contributed by atoms with Crippen LogP contribution in [0.5, 0.6) is 5.75 Å². The van der Waals surface area contributed by atoms with Crippen molar-refractivity contribution in [3.05, 3.63) is 61.2 Å². The first-order valence-corrected chi connectivity index (χ1v) is 13.6. The lowest BCUT2D eigenvalue weighted by Gasteiger charge is -2.34. The summed E-state index contributed by atoms with van der Waals surface area (Å²) in [5, 5.41) is 10.4. The number of aldehydes is 1. The molecule has 2 aliphatic rings. The van der Waals surface area contributed by atoms with Gasteiger partial charge in [-0.25, -0.2) is 18.1 Å². The smallest absolute Gasteiger partial charge is 0.403 e. The molecular weight excluding hydrogens is 541 g/mol. The number of aromatic amines is 1. The van der Waals surface area contributed by atoms with Gasteiger partial charge in [-0.05, 0) is 22.5 Å². The number of benzene rings is 1. The van der Waals surface area contributed by atoms with E-state index in [1.807, 2.05) is 46.5 Å². The van der Waals surface area contributed by atoms with E-state index in [4.69, 9.17) is 18.3 Å². The molecule has 0 spiro atoms. The number of aliphatic hydroxyl groups excluding tert-OH is 1. The van der Waals surface area contributed by atoms with Crippen molar-refractivity contribution in [2.45, 2.75) is 83.6 Å². The van der Waals surface area contributed by atoms with Gasteiger partial charge in [0.1, 0.15) is 24.3 Å². The van der Waals surface area contributed by atoms with Crippen molar-refractivity contribution in [3.8, 4) is 5.75 Å². The first-order valence-electron chi connectivity index (χ1n) is 12.2. The van der Waals surface area contributed by atoms with Gasteiger partial charge in [-0.2, -0.15) is 0 Å². The van der Waals surface area contributed by atoms with Crippen LogP contribution in [0, 0.1) is 5.82 Å². The number of halogens is 2. The number of hydrogen-bond acceptors (Lipinski definition) is 9. The van der Waals surface area contributed by atoms with E-state index >= 15 is 8.78 Å². The van der Waals surface area contributed by atoms with Crippen molar-refractivity contribution in [2.75, 3.05) is 6.61 Å². The number of hydrogen-bond donors (Lipinski definition) is 2. The van der Waals surface area contributed by atoms with E-state index in [9.17, 15) is 24.1 Å². The molecule has 1 saturated heterocycles. The van der Waals surface area contributed by atoms with Gasteiger partial charge < -0.3 is 14.4 Å². The SMILES string of the molecule is CC(C)(C)c1cc(C(C)(C)C)c2c(c1F)COP(=O)(OC[C@]1(F)C[C@@H](O)[C@H](n3cc(C=O)c(=O)[nH]c3=O)O1)O2. The summed E-state index contributed by atoms with van der Waals surface area (Å²) in [6.07, 6.45) is -2.94. The number of carbonyl (C=O) groups is 1. The highest BCUT2D eigenvalue weighted by atomic mass is 31.2. The van der Waals surface area contributed by atoms with Gasteiger partial charge >= 0.3 is 13.5 Å². The fourth-order valence-electron chi connectivity index (χ4n) is 4.42. The Labute approximate surface area is 222 Å². The molecule has 4 atom stereocenters. The van der Waals surface area contributed by atoms with Gasteiger partial charge in [-0.3, -0.25) is 28.2 Å². The number of rotatable bonds is 5. The van der Waals surface area contributed by atoms with Crippen LogP contribution in [-0.2, 0) is 35.8 Å². The first kappa shape index (κ1) is 29.3. The Morgan fingerprint density at radius 2 is 1.87 bits per heavy atom. The number of nitrogens with one attached hydrogen (secondary N) is 1. The highest BCUT2D eigenvalue weighted by Gasteiger charge is 2.51. The van der Waals surface area contributed by atoms with Crippen molar-refractivity contribution < 1.29 is 41.6 Å². The van der Waals surface area contributed by atoms with Crippen LogP contribution in [0.4, 0.5) is 8.78 Å². The van der Waals surface area contributed by atoms with Crippen LogP contribution < -0.4 is 15.8 Å². The Balaban J connectivity index is 1.59. The molecule has 0 amide bonds. The summed E-state index contributed by atoms with van der Waals surface area (Å²) in [4.78, 5) is 36.8. The lowest BCUT2D eigenvalue weighted by molar-refractivity contribution is -0.179. The molecule has 0 bridgehead atoms. The van der Waals surface area contributed by atoms with E-state index in [1.165, 1.54) is 0 Å². The Morgan fingerprint density at radius 3 is 2.46 bits per heavy atom. The molecule has 1 fully saturated rings. The topological polar surface area (TPSA) is 146 Å². The maximum absolute atomic E-state index is 15.6. The van der Waals surface area contributed by atoms with E-state index in [1.54, 1.807) is 6.07 Å². The molecule has 214 valence electrons. The number of aromatic nitrogens is 2. The molecule has 0 saturated carbocycles. The number of ether oxygens (including phenoxy) is 1. The van der Waals surface area contributed by atoms with Crippen molar-refractivity contribution in [2.24, 2.45) is 0 Å². The van der Waals surface area contributed by atoms with E-state index in [-0.39, 0.29) is 17.6 Å². The Morgan fingerprint density at radius 1 is 1.23 bits per heavy atom. The van der Waals surface area contributed by atoms with Crippen LogP contribution in [0.1, 0.15) is 81.2 Å². The number of phosphoric ester groups is 1. The van der Waals surface area contributed by atoms with Crippen molar-refractivity contribution >= 4 is 14.1 Å². The average molecular weight is 572 g/mol. The van der Waals surface area contributed by atoms with Crippen LogP contribution in [0.3, 0.4) is 0 Å². The number of aliphatic hydroxyl groups is 1. The van der Waals surface area contributed by atoms with Crippen molar-refractivity contribution in [1.82, 2.24) is 9.55 Å². The second-order valence-corrected chi connectivity index (χ2v) is 13.3. The quantitative estimate of drug-likeness (QED) is 0.404. The second kappa shape index (κ2) is 9.74. The highest BCUT2D eigenvalue weighted by molar-refractivity contribution is 7.49. The van der Waals surface area contributed by atoms with E-state index in [2.05, 4.69) is 0 Å². The maximum atomic E-state index is 15.6. The minimum atomic E-state index is -4.48. The summed E-state index contributed by atoms with van der Waals surface area (Å²) >= 11 is 0. The van der Waals surface area contributed by atoms with Gasteiger partial charge in [-0.1, -0.05) is 41.5 Å². The third-order valence-electron chi connectivity index (χ3n) is 6.50. The fraction of sp³-hybridized carbons (Fsp3) is 0.560. The Kier molecular flexibility index (Phi) is 7.31. The standard InChI is InChI=1S/C25H31F2N2O9P/c1-23(2,3)15-7-16(24(4,5)6)19-14(18(15)26)11-35-39(34,38-19)36-12-25(27)8-17(31)21(37-25)29-9-13(10-30)20(32)28-22(29)33/h7,9-10,17,21,31H,8,11-12H2,1-6H3,(H,28,32,33)/t17-,21-,25+,39?/m1/s1. The number of H-pyrrole nitrogens is 1. The molecule has 14 heteroatoms. The number of alkyl halides is 1. The summed E-state index contributed by atoms with van der Waals surface area (Å²) in [7, 11) is -4.48. The van der Waals surface area contributed by atoms with Gasteiger partial charge in [-0.15, -0.1) is 0 Å². The molecule has 4 rings (SSSR count). The first-order chi connectivity index (χ1) is 17.9. The monoisotopic (exact) mass is 572 g/mol. The molecule has 1 aromatic carbocycles. The Bertz CT molecular complexity index is 1470. The van der Waals surface area contributed by atoms with E-state index in [0.717, 1.165) is 6.20 Å². The molecule has 2 aromatic rings. The molecule has 1 aromatic heterocycles. The van der Waals surface area contributed by atoms with E-state index < -0.39 is 79.1 Å². The summed E-state index contributed by atoms with van der Waals surface area (Å²) in [6, 6.07) is 1.65. The van der Waals surface area contributed by atoms with Crippen LogP contribution >= 0.6 is 7.82 Å². The minimum Gasteiger partial charge on any atom is -0.403 e. The molecule has 39 heavy (non-hydrogen) atoms. The number of fused-ring (bicyclic) bond motifs is 1. The fourth-order valence-corrected chi connectivity index (χ4v) is 5.67. The normalized spacial score (nSPS) is 27.2. The molecule has 3 heterocycles. The van der Waals surface area contributed by atoms with Crippen LogP contribution in [0.15, 0.2) is 21.9 Å². The lowest BCUT2D eigenvalue weighted by Crippen LogP contribution is -2.37. The molecule has 2 aliphatic heterocycles. The maximum Gasteiger partial charge on any atom is 0.530 e. The predicted molar refractivity (Wildman–Crippen MR) is 134 cm³/mol. The van der Waals surface area contributed by atoms with Gasteiger partial charge in [0.25, 0.3) is 5.56 Å². The molecule has 0 radical (unpaired) electrons. The third kappa shape index (κ3) is 5.64. The van der Waals surface area contributed by atoms with Crippen molar-refractivity contribution in [3.63, 3.8) is 0 Å². The largest absolute Gasteiger partial charge is 0.530 e. The number of phosphoric acid groups is 1. The Hall–Kier alpha value is -2.70. The molecular formula is C25H31F2N2O9P. The minimum absolute atomic E-state index is 0.0121. The number of carbonyl (C=O) groups excluding carboxylic acids is 1. The predicted octanol–water partition coefficient (Wildman–Crippen LogP) is 3.76. The summed E-state index contributed by atoms with van der Waals surface area (Å²) in [5.41, 5.74) is -2.51. The summed E-state index contributed by atoms with van der Waals surface area (Å²) in [6.45, 7) is 9.68. The molecule has 11 nitrogen and oxygen atoms in total. The zero-order valence-electron chi connectivity index (χ0n) is 22.4. The van der Waals surface area contributed by atoms with Crippen LogP contribution in [0.2, 0.25) is 0 Å². The zero-order valence-corrected chi connectivity index (χ0v) is 23.3. The van der Waals surface area contributed by atoms with E-state index in [0.29, 0.717) is 15.7 Å². The van der Waals surface area contributed by atoms with Crippen LogP contribution in [0.25, 0.3) is 0 Å². The van der Waals surface area contributed by atoms with Gasteiger partial charge in [0.15, 0.2) is 12.5 Å². The van der Waals surface area contributed by atoms with Crippen LogP contribution in [-0.4, -0.2) is 39.5 Å². The molecule has 1 unspecified atom stereocenters. The van der Waals surface area contributed by atoms with Gasteiger partial charge in [0.2, 0.25) is 5.85 Å². The zero-order chi connectivity index (χ0) is 29.1. The van der Waals surface area contributed by atoms with Gasteiger partial charge in [0, 0.05) is 18.2 Å². The average Bonchev–Trinajstić information content (AvgIpc) is 3.11. The van der Waals surface area contributed by atoms with Crippen molar-refractivity contribution in [1.29, 1.82) is 0 Å². The molecule has 2 N–H and O–H groups in total. The molecule has 0 aliphatic carbocycles. The third-order valence-corrected chi connectivity index (χ3v) is 7.80.